The van der Waals surface area contributed by atoms with Crippen LogP contribution in [0.1, 0.15) is 5.56 Å². The molecule has 3 aromatic rings. The maximum atomic E-state index is 5.88. The Kier molecular flexibility index (Phi) is 4.43. The van der Waals surface area contributed by atoms with Gasteiger partial charge in [-0.2, -0.15) is 0 Å². The van der Waals surface area contributed by atoms with Crippen molar-refractivity contribution in [2.75, 3.05) is 25.6 Å². The zero-order valence-corrected chi connectivity index (χ0v) is 14.8. The van der Waals surface area contributed by atoms with Crippen molar-refractivity contribution in [1.82, 2.24) is 19.7 Å². The highest BCUT2D eigenvalue weighted by Gasteiger charge is 2.20. The third kappa shape index (κ3) is 3.33. The standard InChI is InChI=1S/C19H21N5O2/c1-24-8-7-20-19(24)16-5-6-18(23-22-16)21-11-13-9-14-3-4-15(25-2)10-17(14)26-12-13/h3-8,10,13H,9,11-12H2,1-2H3,(H,21,23). The third-order valence-electron chi connectivity index (χ3n) is 4.54. The van der Waals surface area contributed by atoms with Gasteiger partial charge in [0.1, 0.15) is 23.0 Å². The SMILES string of the molecule is COc1ccc2c(c1)OCC(CNc1ccc(-c3nccn3C)nn1)C2. The quantitative estimate of drug-likeness (QED) is 0.761. The van der Waals surface area contributed by atoms with Crippen molar-refractivity contribution in [3.8, 4) is 23.0 Å². The summed E-state index contributed by atoms with van der Waals surface area (Å²) < 4.78 is 13.0. The molecule has 0 radical (unpaired) electrons. The summed E-state index contributed by atoms with van der Waals surface area (Å²) in [6.07, 6.45) is 4.60. The maximum absolute atomic E-state index is 5.88. The van der Waals surface area contributed by atoms with Gasteiger partial charge in [0, 0.05) is 38.0 Å². The van der Waals surface area contributed by atoms with E-state index in [1.807, 2.05) is 42.1 Å². The lowest BCUT2D eigenvalue weighted by molar-refractivity contribution is 0.228. The molecular formula is C19H21N5O2. The van der Waals surface area contributed by atoms with Crippen LogP contribution in [0.3, 0.4) is 0 Å². The van der Waals surface area contributed by atoms with Gasteiger partial charge >= 0.3 is 0 Å². The van der Waals surface area contributed by atoms with Gasteiger partial charge in [0.05, 0.1) is 13.7 Å². The van der Waals surface area contributed by atoms with Crippen LogP contribution in [0.25, 0.3) is 11.5 Å². The number of hydrogen-bond acceptors (Lipinski definition) is 6. The van der Waals surface area contributed by atoms with Crippen molar-refractivity contribution >= 4 is 5.82 Å². The average molecular weight is 351 g/mol. The number of benzene rings is 1. The molecule has 1 N–H and O–H groups in total. The highest BCUT2D eigenvalue weighted by Crippen LogP contribution is 2.31. The van der Waals surface area contributed by atoms with Crippen LogP contribution in [0.2, 0.25) is 0 Å². The summed E-state index contributed by atoms with van der Waals surface area (Å²) in [7, 11) is 3.60. The molecule has 7 nitrogen and oxygen atoms in total. The molecule has 0 aliphatic carbocycles. The first kappa shape index (κ1) is 16.4. The summed E-state index contributed by atoms with van der Waals surface area (Å²) in [5.41, 5.74) is 1.96. The third-order valence-corrected chi connectivity index (χ3v) is 4.54. The summed E-state index contributed by atoms with van der Waals surface area (Å²) in [5, 5.41) is 11.9. The molecule has 0 bridgehead atoms. The number of aromatic nitrogens is 4. The Morgan fingerprint density at radius 3 is 2.92 bits per heavy atom. The minimum Gasteiger partial charge on any atom is -0.497 e. The summed E-state index contributed by atoms with van der Waals surface area (Å²) >= 11 is 0. The average Bonchev–Trinajstić information content (AvgIpc) is 3.12. The summed E-state index contributed by atoms with van der Waals surface area (Å²) in [6, 6.07) is 9.85. The van der Waals surface area contributed by atoms with Crippen molar-refractivity contribution in [3.63, 3.8) is 0 Å². The number of rotatable bonds is 5. The predicted molar refractivity (Wildman–Crippen MR) is 98.4 cm³/mol. The highest BCUT2D eigenvalue weighted by atomic mass is 16.5. The smallest absolute Gasteiger partial charge is 0.160 e. The minimum absolute atomic E-state index is 0.381. The molecule has 7 heteroatoms. The number of ether oxygens (including phenoxy) is 2. The van der Waals surface area contributed by atoms with Gasteiger partial charge in [-0.05, 0) is 30.2 Å². The summed E-state index contributed by atoms with van der Waals surface area (Å²) in [6.45, 7) is 1.45. The lowest BCUT2D eigenvalue weighted by atomic mass is 9.96. The molecule has 0 fully saturated rings. The molecule has 3 heterocycles. The largest absolute Gasteiger partial charge is 0.497 e. The Hall–Kier alpha value is -3.09. The molecule has 1 aromatic carbocycles. The van der Waals surface area contributed by atoms with Gasteiger partial charge < -0.3 is 19.4 Å². The molecule has 1 unspecified atom stereocenters. The van der Waals surface area contributed by atoms with Crippen LogP contribution in [-0.2, 0) is 13.5 Å². The second-order valence-electron chi connectivity index (χ2n) is 6.40. The van der Waals surface area contributed by atoms with E-state index in [0.717, 1.165) is 41.8 Å². The molecule has 0 spiro atoms. The summed E-state index contributed by atoms with van der Waals surface area (Å²) in [4.78, 5) is 4.28. The van der Waals surface area contributed by atoms with E-state index < -0.39 is 0 Å². The van der Waals surface area contributed by atoms with Crippen molar-refractivity contribution in [3.05, 3.63) is 48.3 Å². The predicted octanol–water partition coefficient (Wildman–Crippen LogP) is 2.55. The van der Waals surface area contributed by atoms with Crippen molar-refractivity contribution < 1.29 is 9.47 Å². The Morgan fingerprint density at radius 1 is 1.27 bits per heavy atom. The van der Waals surface area contributed by atoms with Crippen LogP contribution < -0.4 is 14.8 Å². The maximum Gasteiger partial charge on any atom is 0.160 e. The number of imidazole rings is 1. The van der Waals surface area contributed by atoms with Crippen LogP contribution in [0, 0.1) is 5.92 Å². The van der Waals surface area contributed by atoms with Crippen LogP contribution in [0.5, 0.6) is 11.5 Å². The molecule has 1 aliphatic rings. The monoisotopic (exact) mass is 351 g/mol. The van der Waals surface area contributed by atoms with E-state index in [-0.39, 0.29) is 0 Å². The first-order valence-corrected chi connectivity index (χ1v) is 8.58. The number of methoxy groups -OCH3 is 1. The zero-order valence-electron chi connectivity index (χ0n) is 14.8. The van der Waals surface area contributed by atoms with Gasteiger partial charge in [-0.1, -0.05) is 6.07 Å². The number of nitrogens with zero attached hydrogens (tertiary/aromatic N) is 4. The van der Waals surface area contributed by atoms with Gasteiger partial charge in [-0.3, -0.25) is 0 Å². The van der Waals surface area contributed by atoms with E-state index in [1.165, 1.54) is 5.56 Å². The number of aryl methyl sites for hydroxylation is 1. The number of fused-ring (bicyclic) bond motifs is 1. The molecule has 0 saturated carbocycles. The zero-order chi connectivity index (χ0) is 17.9. The fourth-order valence-corrected chi connectivity index (χ4v) is 3.08. The fourth-order valence-electron chi connectivity index (χ4n) is 3.08. The lowest BCUT2D eigenvalue weighted by Gasteiger charge is -2.25. The van der Waals surface area contributed by atoms with Gasteiger partial charge in [0.15, 0.2) is 5.82 Å². The molecular weight excluding hydrogens is 330 g/mol. The normalized spacial score (nSPS) is 15.8. The van der Waals surface area contributed by atoms with Crippen LogP contribution >= 0.6 is 0 Å². The number of anilines is 1. The van der Waals surface area contributed by atoms with Crippen molar-refractivity contribution in [2.45, 2.75) is 6.42 Å². The number of hydrogen-bond donors (Lipinski definition) is 1. The van der Waals surface area contributed by atoms with Crippen LogP contribution in [0.4, 0.5) is 5.82 Å². The van der Waals surface area contributed by atoms with E-state index >= 15 is 0 Å². The van der Waals surface area contributed by atoms with Gasteiger partial charge in [-0.25, -0.2) is 4.98 Å². The molecule has 2 aromatic heterocycles. The topological polar surface area (TPSA) is 74.1 Å². The highest BCUT2D eigenvalue weighted by molar-refractivity contribution is 5.51. The fraction of sp³-hybridized carbons (Fsp3) is 0.316. The van der Waals surface area contributed by atoms with Gasteiger partial charge in [-0.15, -0.1) is 10.2 Å². The molecule has 134 valence electrons. The Morgan fingerprint density at radius 2 is 2.19 bits per heavy atom. The minimum atomic E-state index is 0.381. The molecule has 26 heavy (non-hydrogen) atoms. The van der Waals surface area contributed by atoms with Crippen molar-refractivity contribution in [1.29, 1.82) is 0 Å². The van der Waals surface area contributed by atoms with Crippen LogP contribution in [0.15, 0.2) is 42.7 Å². The van der Waals surface area contributed by atoms with E-state index in [4.69, 9.17) is 9.47 Å². The Bertz CT molecular complexity index is 891. The lowest BCUT2D eigenvalue weighted by Crippen LogP contribution is -2.27. The summed E-state index contributed by atoms with van der Waals surface area (Å²) in [5.74, 6) is 3.68. The van der Waals surface area contributed by atoms with E-state index in [0.29, 0.717) is 12.5 Å². The molecule has 1 atom stereocenters. The Balaban J connectivity index is 1.36. The first-order valence-electron chi connectivity index (χ1n) is 8.58. The Labute approximate surface area is 152 Å². The molecule has 0 amide bonds. The van der Waals surface area contributed by atoms with E-state index in [1.54, 1.807) is 13.3 Å². The molecule has 1 aliphatic heterocycles. The van der Waals surface area contributed by atoms with Crippen LogP contribution in [-0.4, -0.2) is 40.0 Å². The number of nitrogens with one attached hydrogen (secondary N) is 1. The van der Waals surface area contributed by atoms with E-state index in [9.17, 15) is 0 Å². The van der Waals surface area contributed by atoms with E-state index in [2.05, 4.69) is 26.6 Å². The van der Waals surface area contributed by atoms with Crippen molar-refractivity contribution in [2.24, 2.45) is 13.0 Å². The first-order chi connectivity index (χ1) is 12.7. The van der Waals surface area contributed by atoms with Gasteiger partial charge in [0.2, 0.25) is 0 Å². The second kappa shape index (κ2) is 7.03. The second-order valence-corrected chi connectivity index (χ2v) is 6.40. The molecule has 4 rings (SSSR count). The van der Waals surface area contributed by atoms with Gasteiger partial charge in [0.25, 0.3) is 0 Å². The molecule has 0 saturated heterocycles.